The molecule has 24 heavy (non-hydrogen) atoms. The van der Waals surface area contributed by atoms with Crippen molar-refractivity contribution in [1.29, 1.82) is 0 Å². The number of likely N-dealkylation sites (tertiary alicyclic amines) is 1. The van der Waals surface area contributed by atoms with Crippen molar-refractivity contribution in [1.82, 2.24) is 4.90 Å². The number of halogens is 1. The molecule has 1 saturated heterocycles. The van der Waals surface area contributed by atoms with E-state index in [1.165, 1.54) is 5.56 Å². The first-order chi connectivity index (χ1) is 11.3. The summed E-state index contributed by atoms with van der Waals surface area (Å²) in [6, 6.07) is 16.6. The van der Waals surface area contributed by atoms with Crippen molar-refractivity contribution in [2.24, 2.45) is 5.41 Å². The van der Waals surface area contributed by atoms with Crippen LogP contribution in [0.25, 0.3) is 0 Å². The molecular weight excluding hydrogens is 362 g/mol. The lowest BCUT2D eigenvalue weighted by Gasteiger charge is -2.56. The van der Waals surface area contributed by atoms with E-state index in [1.54, 1.807) is 0 Å². The predicted molar refractivity (Wildman–Crippen MR) is 103 cm³/mol. The maximum absolute atomic E-state index is 12.0. The first-order valence-electron chi connectivity index (χ1n) is 8.54. The monoisotopic (exact) mass is 387 g/mol. The van der Waals surface area contributed by atoms with E-state index in [0.717, 1.165) is 28.7 Å². The number of nitrogens with zero attached hydrogens (tertiary/aromatic N) is 1. The number of hydrogen-bond acceptors (Lipinski definition) is 2. The first-order valence-corrected chi connectivity index (χ1v) is 9.33. The van der Waals surface area contributed by atoms with Crippen LogP contribution in [-0.2, 0) is 5.60 Å². The second-order valence-electron chi connectivity index (χ2n) is 7.73. The third-order valence-electron chi connectivity index (χ3n) is 5.35. The van der Waals surface area contributed by atoms with Gasteiger partial charge in [-0.3, -0.25) is 0 Å². The Hall–Kier alpha value is -1.16. The van der Waals surface area contributed by atoms with Gasteiger partial charge in [0.25, 0.3) is 0 Å². The number of aliphatic hydroxyl groups is 1. The molecule has 0 aromatic heterocycles. The summed E-state index contributed by atoms with van der Waals surface area (Å²) in [5, 5.41) is 12.0. The SMILES string of the molecule is CC(C)c1ccc([C@](O)(c2cccc(Br)c2)C2(C)CN(C)C2)cc1. The number of hydrogen-bond donors (Lipinski definition) is 1. The Bertz CT molecular complexity index is 719. The van der Waals surface area contributed by atoms with Crippen LogP contribution in [0.5, 0.6) is 0 Å². The molecule has 0 spiro atoms. The van der Waals surface area contributed by atoms with Gasteiger partial charge in [-0.25, -0.2) is 0 Å². The minimum atomic E-state index is -1.00. The molecule has 0 aliphatic carbocycles. The topological polar surface area (TPSA) is 23.5 Å². The summed E-state index contributed by atoms with van der Waals surface area (Å²) in [5.41, 5.74) is 2.01. The molecule has 1 atom stereocenters. The Morgan fingerprint density at radius 1 is 1.08 bits per heavy atom. The van der Waals surface area contributed by atoms with Crippen LogP contribution in [0.3, 0.4) is 0 Å². The average Bonchev–Trinajstić information content (AvgIpc) is 2.52. The molecular formula is C21H26BrNO. The van der Waals surface area contributed by atoms with Crippen molar-refractivity contribution in [3.8, 4) is 0 Å². The molecule has 2 nitrogen and oxygen atoms in total. The minimum Gasteiger partial charge on any atom is -0.380 e. The van der Waals surface area contributed by atoms with Crippen LogP contribution in [0, 0.1) is 5.41 Å². The molecule has 0 unspecified atom stereocenters. The fraction of sp³-hybridized carbons (Fsp3) is 0.429. The van der Waals surface area contributed by atoms with E-state index in [9.17, 15) is 5.11 Å². The molecule has 3 heteroatoms. The predicted octanol–water partition coefficient (Wildman–Crippen LogP) is 4.76. The Morgan fingerprint density at radius 2 is 1.71 bits per heavy atom. The van der Waals surface area contributed by atoms with Gasteiger partial charge in [-0.05, 0) is 41.8 Å². The fourth-order valence-electron chi connectivity index (χ4n) is 4.06. The summed E-state index contributed by atoms with van der Waals surface area (Å²) < 4.78 is 0.994. The largest absolute Gasteiger partial charge is 0.380 e. The Labute approximate surface area is 153 Å². The molecule has 128 valence electrons. The minimum absolute atomic E-state index is 0.206. The molecule has 2 aromatic rings. The molecule has 1 aliphatic heterocycles. The van der Waals surface area contributed by atoms with E-state index in [1.807, 2.05) is 24.3 Å². The Kier molecular flexibility index (Phi) is 4.63. The van der Waals surface area contributed by atoms with Gasteiger partial charge in [-0.1, -0.05) is 73.1 Å². The lowest BCUT2D eigenvalue weighted by atomic mass is 9.62. The number of benzene rings is 2. The molecule has 0 radical (unpaired) electrons. The van der Waals surface area contributed by atoms with Crippen LogP contribution >= 0.6 is 15.9 Å². The molecule has 0 amide bonds. The van der Waals surface area contributed by atoms with Gasteiger partial charge in [0.1, 0.15) is 5.60 Å². The highest BCUT2D eigenvalue weighted by Gasteiger charge is 2.55. The van der Waals surface area contributed by atoms with Crippen molar-refractivity contribution in [2.75, 3.05) is 20.1 Å². The quantitative estimate of drug-likeness (QED) is 0.817. The third kappa shape index (κ3) is 2.83. The zero-order valence-electron chi connectivity index (χ0n) is 14.9. The highest BCUT2D eigenvalue weighted by Crippen LogP contribution is 2.50. The maximum atomic E-state index is 12.0. The highest BCUT2D eigenvalue weighted by atomic mass is 79.9. The Morgan fingerprint density at radius 3 is 2.21 bits per heavy atom. The highest BCUT2D eigenvalue weighted by molar-refractivity contribution is 9.10. The van der Waals surface area contributed by atoms with Crippen LogP contribution in [0.15, 0.2) is 53.0 Å². The van der Waals surface area contributed by atoms with E-state index in [2.05, 4.69) is 72.9 Å². The molecule has 1 aliphatic rings. The van der Waals surface area contributed by atoms with E-state index in [0.29, 0.717) is 5.92 Å². The molecule has 1 N–H and O–H groups in total. The van der Waals surface area contributed by atoms with Gasteiger partial charge < -0.3 is 10.0 Å². The smallest absolute Gasteiger partial charge is 0.122 e. The van der Waals surface area contributed by atoms with Crippen LogP contribution < -0.4 is 0 Å². The van der Waals surface area contributed by atoms with E-state index >= 15 is 0 Å². The van der Waals surface area contributed by atoms with Crippen molar-refractivity contribution < 1.29 is 5.11 Å². The van der Waals surface area contributed by atoms with Gasteiger partial charge in [-0.15, -0.1) is 0 Å². The first kappa shape index (κ1) is 17.7. The van der Waals surface area contributed by atoms with Gasteiger partial charge >= 0.3 is 0 Å². The van der Waals surface area contributed by atoms with Gasteiger partial charge in [0.15, 0.2) is 0 Å². The molecule has 2 aromatic carbocycles. The maximum Gasteiger partial charge on any atom is 0.122 e. The lowest BCUT2D eigenvalue weighted by molar-refractivity contribution is -0.127. The van der Waals surface area contributed by atoms with E-state index in [-0.39, 0.29) is 5.41 Å². The average molecular weight is 388 g/mol. The van der Waals surface area contributed by atoms with Crippen molar-refractivity contribution in [3.05, 3.63) is 69.7 Å². The van der Waals surface area contributed by atoms with Crippen molar-refractivity contribution in [2.45, 2.75) is 32.3 Å². The normalized spacial score (nSPS) is 19.8. The summed E-state index contributed by atoms with van der Waals surface area (Å²) in [5.74, 6) is 0.489. The zero-order chi connectivity index (χ0) is 17.5. The van der Waals surface area contributed by atoms with Gasteiger partial charge in [0.2, 0.25) is 0 Å². The summed E-state index contributed by atoms with van der Waals surface area (Å²) in [6.07, 6.45) is 0. The van der Waals surface area contributed by atoms with E-state index < -0.39 is 5.60 Å². The molecule has 0 bridgehead atoms. The van der Waals surface area contributed by atoms with Gasteiger partial charge in [0.05, 0.1) is 0 Å². The van der Waals surface area contributed by atoms with E-state index in [4.69, 9.17) is 0 Å². The van der Waals surface area contributed by atoms with Crippen molar-refractivity contribution >= 4 is 15.9 Å². The van der Waals surface area contributed by atoms with Crippen molar-refractivity contribution in [3.63, 3.8) is 0 Å². The lowest BCUT2D eigenvalue weighted by Crippen LogP contribution is -2.63. The van der Waals surface area contributed by atoms with Gasteiger partial charge in [-0.2, -0.15) is 0 Å². The zero-order valence-corrected chi connectivity index (χ0v) is 16.5. The number of rotatable bonds is 4. The second kappa shape index (κ2) is 6.29. The van der Waals surface area contributed by atoms with Crippen LogP contribution in [0.1, 0.15) is 43.4 Å². The molecule has 1 fully saturated rings. The second-order valence-corrected chi connectivity index (χ2v) is 8.65. The molecule has 0 saturated carbocycles. The van der Waals surface area contributed by atoms with Crippen LogP contribution in [0.2, 0.25) is 0 Å². The summed E-state index contributed by atoms with van der Waals surface area (Å²) >= 11 is 3.55. The molecule has 1 heterocycles. The summed E-state index contributed by atoms with van der Waals surface area (Å²) in [6.45, 7) is 8.32. The Balaban J connectivity index is 2.12. The third-order valence-corrected chi connectivity index (χ3v) is 5.84. The fourth-order valence-corrected chi connectivity index (χ4v) is 4.46. The van der Waals surface area contributed by atoms with Gasteiger partial charge in [0, 0.05) is 23.0 Å². The summed E-state index contributed by atoms with van der Waals surface area (Å²) in [7, 11) is 2.10. The van der Waals surface area contributed by atoms with Crippen LogP contribution in [-0.4, -0.2) is 30.1 Å². The van der Waals surface area contributed by atoms with Crippen LogP contribution in [0.4, 0.5) is 0 Å². The molecule has 3 rings (SSSR count). The summed E-state index contributed by atoms with van der Waals surface area (Å²) in [4.78, 5) is 2.26. The standard InChI is InChI=1S/C21H26BrNO/c1-15(2)16-8-10-17(11-9-16)21(24,20(3)13-23(4)14-20)18-6-5-7-19(22)12-18/h5-12,15,24H,13-14H2,1-4H3/t21-/m0/s1.